The van der Waals surface area contributed by atoms with Crippen LogP contribution in [0, 0.1) is 0 Å². The summed E-state index contributed by atoms with van der Waals surface area (Å²) in [6.07, 6.45) is 4.89. The van der Waals surface area contributed by atoms with E-state index in [9.17, 15) is 0 Å². The van der Waals surface area contributed by atoms with E-state index in [1.807, 2.05) is 0 Å². The van der Waals surface area contributed by atoms with Gasteiger partial charge in [-0.2, -0.15) is 0 Å². The van der Waals surface area contributed by atoms with Crippen LogP contribution in [-0.2, 0) is 0 Å². The molecule has 0 amide bonds. The van der Waals surface area contributed by atoms with Crippen molar-refractivity contribution < 1.29 is 0 Å². The molecule has 0 aromatic heterocycles. The Balaban J connectivity index is 2.20. The molecule has 44 valence electrons. The Morgan fingerprint density at radius 1 is 1.62 bits per heavy atom. The fraction of sp³-hybridized carbons (Fsp3) is 0.667. The largest absolute Gasteiger partial charge is 0.313 e. The van der Waals surface area contributed by atoms with Crippen LogP contribution in [0.15, 0.2) is 11.8 Å². The molecular formula is C6H10N2. The van der Waals surface area contributed by atoms with Crippen LogP contribution in [0.4, 0.5) is 0 Å². The van der Waals surface area contributed by atoms with Gasteiger partial charge in [-0.1, -0.05) is 0 Å². The van der Waals surface area contributed by atoms with Gasteiger partial charge < -0.3 is 5.01 Å². The van der Waals surface area contributed by atoms with Crippen molar-refractivity contribution in [2.45, 2.75) is 12.8 Å². The van der Waals surface area contributed by atoms with Crippen molar-refractivity contribution in [3.05, 3.63) is 11.8 Å². The van der Waals surface area contributed by atoms with E-state index in [1.54, 1.807) is 0 Å². The van der Waals surface area contributed by atoms with Crippen molar-refractivity contribution in [2.24, 2.45) is 0 Å². The Hall–Kier alpha value is -0.500. The van der Waals surface area contributed by atoms with E-state index >= 15 is 0 Å². The lowest BCUT2D eigenvalue weighted by Crippen LogP contribution is -2.28. The van der Waals surface area contributed by atoms with Crippen molar-refractivity contribution in [2.75, 3.05) is 13.1 Å². The van der Waals surface area contributed by atoms with E-state index in [0.717, 1.165) is 6.54 Å². The molecule has 0 aliphatic carbocycles. The molecule has 0 aromatic carbocycles. The molecule has 2 rings (SSSR count). The van der Waals surface area contributed by atoms with Gasteiger partial charge >= 0.3 is 0 Å². The zero-order valence-corrected chi connectivity index (χ0v) is 4.85. The smallest absolute Gasteiger partial charge is 0.0351 e. The molecule has 0 saturated carbocycles. The topological polar surface area (TPSA) is 15.3 Å². The predicted molar refractivity (Wildman–Crippen MR) is 32.0 cm³/mol. The maximum atomic E-state index is 3.26. The standard InChI is InChI=1S/C6H10N2/c1-2-6-3-4-7-8(6)5-1/h3,7H,1-2,4-5H2. The number of hydrogen-bond donors (Lipinski definition) is 1. The minimum atomic E-state index is 1.05. The first kappa shape index (κ1) is 4.39. The second-order valence-electron chi connectivity index (χ2n) is 2.31. The lowest BCUT2D eigenvalue weighted by molar-refractivity contribution is 0.321. The highest BCUT2D eigenvalue weighted by molar-refractivity contribution is 5.09. The zero-order chi connectivity index (χ0) is 5.40. The summed E-state index contributed by atoms with van der Waals surface area (Å²) >= 11 is 0. The minimum Gasteiger partial charge on any atom is -0.313 e. The van der Waals surface area contributed by atoms with Crippen LogP contribution >= 0.6 is 0 Å². The fourth-order valence-corrected chi connectivity index (χ4v) is 1.36. The maximum Gasteiger partial charge on any atom is 0.0351 e. The number of nitrogens with zero attached hydrogens (tertiary/aromatic N) is 1. The molecule has 0 bridgehead atoms. The summed E-state index contributed by atoms with van der Waals surface area (Å²) in [5.74, 6) is 0. The average molecular weight is 110 g/mol. The fourth-order valence-electron chi connectivity index (χ4n) is 1.36. The molecule has 0 atom stereocenters. The van der Waals surface area contributed by atoms with Crippen molar-refractivity contribution in [1.29, 1.82) is 0 Å². The van der Waals surface area contributed by atoms with Crippen LogP contribution < -0.4 is 5.43 Å². The molecule has 1 saturated heterocycles. The highest BCUT2D eigenvalue weighted by Crippen LogP contribution is 2.20. The molecule has 2 heteroatoms. The van der Waals surface area contributed by atoms with Crippen molar-refractivity contribution >= 4 is 0 Å². The first-order valence-electron chi connectivity index (χ1n) is 3.17. The zero-order valence-electron chi connectivity index (χ0n) is 4.85. The van der Waals surface area contributed by atoms with Gasteiger partial charge in [0, 0.05) is 18.8 Å². The monoisotopic (exact) mass is 110 g/mol. The van der Waals surface area contributed by atoms with E-state index in [2.05, 4.69) is 16.5 Å². The molecule has 1 fully saturated rings. The Kier molecular flexibility index (Phi) is 0.815. The van der Waals surface area contributed by atoms with Crippen LogP contribution in [-0.4, -0.2) is 18.1 Å². The van der Waals surface area contributed by atoms with Gasteiger partial charge in [0.15, 0.2) is 0 Å². The lowest BCUT2D eigenvalue weighted by Gasteiger charge is -2.12. The van der Waals surface area contributed by atoms with E-state index < -0.39 is 0 Å². The SMILES string of the molecule is C1=C2CCCN2NC1. The molecule has 0 unspecified atom stereocenters. The van der Waals surface area contributed by atoms with Gasteiger partial charge in [0.2, 0.25) is 0 Å². The van der Waals surface area contributed by atoms with Gasteiger partial charge in [0.05, 0.1) is 0 Å². The Morgan fingerprint density at radius 3 is 3.50 bits per heavy atom. The summed E-state index contributed by atoms with van der Waals surface area (Å²) in [6, 6.07) is 0. The first-order valence-corrected chi connectivity index (χ1v) is 3.17. The Labute approximate surface area is 49.1 Å². The molecule has 0 radical (unpaired) electrons. The van der Waals surface area contributed by atoms with E-state index in [1.165, 1.54) is 25.1 Å². The van der Waals surface area contributed by atoms with Gasteiger partial charge in [-0.3, -0.25) is 0 Å². The summed E-state index contributed by atoms with van der Waals surface area (Å²) in [7, 11) is 0. The Bertz CT molecular complexity index is 128. The van der Waals surface area contributed by atoms with Crippen LogP contribution in [0.2, 0.25) is 0 Å². The molecular weight excluding hydrogens is 100 g/mol. The number of fused-ring (bicyclic) bond motifs is 1. The highest BCUT2D eigenvalue weighted by atomic mass is 15.5. The van der Waals surface area contributed by atoms with Crippen molar-refractivity contribution in [1.82, 2.24) is 10.4 Å². The van der Waals surface area contributed by atoms with Crippen LogP contribution in [0.5, 0.6) is 0 Å². The molecule has 2 heterocycles. The van der Waals surface area contributed by atoms with Crippen LogP contribution in [0.1, 0.15) is 12.8 Å². The van der Waals surface area contributed by atoms with Gasteiger partial charge in [-0.05, 0) is 18.9 Å². The lowest BCUT2D eigenvalue weighted by atomic mass is 10.3. The molecule has 8 heavy (non-hydrogen) atoms. The average Bonchev–Trinajstić information content (AvgIpc) is 2.15. The normalized spacial score (nSPS) is 26.0. The molecule has 2 aliphatic heterocycles. The molecule has 0 spiro atoms. The number of nitrogens with one attached hydrogen (secondary N) is 1. The summed E-state index contributed by atoms with van der Waals surface area (Å²) in [5.41, 5.74) is 4.76. The quantitative estimate of drug-likeness (QED) is 0.488. The van der Waals surface area contributed by atoms with Crippen LogP contribution in [0.25, 0.3) is 0 Å². The van der Waals surface area contributed by atoms with Crippen LogP contribution in [0.3, 0.4) is 0 Å². The van der Waals surface area contributed by atoms with Crippen molar-refractivity contribution in [3.63, 3.8) is 0 Å². The number of hydrogen-bond acceptors (Lipinski definition) is 2. The third-order valence-corrected chi connectivity index (χ3v) is 1.78. The first-order chi connectivity index (χ1) is 3.97. The third-order valence-electron chi connectivity index (χ3n) is 1.78. The highest BCUT2D eigenvalue weighted by Gasteiger charge is 2.18. The summed E-state index contributed by atoms with van der Waals surface area (Å²) in [4.78, 5) is 0. The predicted octanol–water partition coefficient (Wildman–Crippen LogP) is 0.484. The van der Waals surface area contributed by atoms with Gasteiger partial charge in [0.1, 0.15) is 0 Å². The van der Waals surface area contributed by atoms with E-state index in [4.69, 9.17) is 0 Å². The van der Waals surface area contributed by atoms with Crippen molar-refractivity contribution in [3.8, 4) is 0 Å². The van der Waals surface area contributed by atoms with Gasteiger partial charge in [0.25, 0.3) is 0 Å². The van der Waals surface area contributed by atoms with Gasteiger partial charge in [-0.15, -0.1) is 0 Å². The van der Waals surface area contributed by atoms with E-state index in [0.29, 0.717) is 0 Å². The van der Waals surface area contributed by atoms with E-state index in [-0.39, 0.29) is 0 Å². The second-order valence-corrected chi connectivity index (χ2v) is 2.31. The molecule has 0 aromatic rings. The molecule has 2 nitrogen and oxygen atoms in total. The number of hydrazine groups is 1. The Morgan fingerprint density at radius 2 is 2.62 bits per heavy atom. The third kappa shape index (κ3) is 0.464. The molecule has 1 N–H and O–H groups in total. The summed E-state index contributed by atoms with van der Waals surface area (Å²) in [6.45, 7) is 2.27. The maximum absolute atomic E-state index is 3.26. The van der Waals surface area contributed by atoms with Gasteiger partial charge in [-0.25, -0.2) is 5.43 Å². The summed E-state index contributed by atoms with van der Waals surface area (Å²) in [5, 5.41) is 2.25. The number of allylic oxidation sites excluding steroid dienone is 1. The molecule has 2 aliphatic rings. The second kappa shape index (κ2) is 1.49. The summed E-state index contributed by atoms with van der Waals surface area (Å²) < 4.78 is 0. The number of rotatable bonds is 0. The minimum absolute atomic E-state index is 1.05.